The fourth-order valence-corrected chi connectivity index (χ4v) is 1.45. The van der Waals surface area contributed by atoms with Crippen LogP contribution in [0, 0.1) is 0 Å². The highest BCUT2D eigenvalue weighted by Crippen LogP contribution is 2.26. The van der Waals surface area contributed by atoms with Crippen molar-refractivity contribution in [2.24, 2.45) is 5.73 Å². The van der Waals surface area contributed by atoms with Crippen molar-refractivity contribution in [1.82, 2.24) is 0 Å². The summed E-state index contributed by atoms with van der Waals surface area (Å²) in [5.74, 6) is -1.89. The van der Waals surface area contributed by atoms with E-state index >= 15 is 0 Å². The number of hydrogen-bond acceptors (Lipinski definition) is 5. The first-order valence-corrected chi connectivity index (χ1v) is 4.77. The van der Waals surface area contributed by atoms with E-state index in [0.29, 0.717) is 5.56 Å². The fraction of sp³-hybridized carbons (Fsp3) is 0.273. The number of ether oxygens (including phenoxy) is 2. The number of esters is 1. The van der Waals surface area contributed by atoms with Crippen molar-refractivity contribution in [3.8, 4) is 5.75 Å². The summed E-state index contributed by atoms with van der Waals surface area (Å²) in [7, 11) is 2.49. The SMILES string of the molecule is COC(=O)c1cc(CN)cc(C(=O)O)c1OC. The van der Waals surface area contributed by atoms with E-state index in [4.69, 9.17) is 15.6 Å². The molecule has 0 unspecified atom stereocenters. The Kier molecular flexibility index (Phi) is 4.06. The molecule has 0 radical (unpaired) electrons. The molecule has 0 saturated carbocycles. The Morgan fingerprint density at radius 2 is 1.88 bits per heavy atom. The average molecular weight is 239 g/mol. The van der Waals surface area contributed by atoms with Crippen LogP contribution in [-0.2, 0) is 11.3 Å². The minimum atomic E-state index is -1.19. The molecule has 17 heavy (non-hydrogen) atoms. The van der Waals surface area contributed by atoms with Gasteiger partial charge in [-0.1, -0.05) is 0 Å². The molecule has 0 amide bonds. The molecular formula is C11H13NO5. The normalized spacial score (nSPS) is 9.82. The highest BCUT2D eigenvalue weighted by Gasteiger charge is 2.21. The number of methoxy groups -OCH3 is 2. The van der Waals surface area contributed by atoms with Crippen LogP contribution in [0.3, 0.4) is 0 Å². The second kappa shape index (κ2) is 5.31. The Hall–Kier alpha value is -2.08. The van der Waals surface area contributed by atoms with Crippen LogP contribution in [0.2, 0.25) is 0 Å². The third-order valence-corrected chi connectivity index (χ3v) is 2.22. The predicted molar refractivity (Wildman–Crippen MR) is 59.2 cm³/mol. The number of nitrogens with two attached hydrogens (primary N) is 1. The lowest BCUT2D eigenvalue weighted by Gasteiger charge is -2.11. The van der Waals surface area contributed by atoms with Crippen molar-refractivity contribution in [2.75, 3.05) is 14.2 Å². The largest absolute Gasteiger partial charge is 0.495 e. The Labute approximate surface area is 97.9 Å². The van der Waals surface area contributed by atoms with E-state index in [2.05, 4.69) is 4.74 Å². The van der Waals surface area contributed by atoms with Gasteiger partial charge >= 0.3 is 11.9 Å². The molecule has 0 bridgehead atoms. The van der Waals surface area contributed by atoms with Gasteiger partial charge in [-0.3, -0.25) is 0 Å². The van der Waals surface area contributed by atoms with Gasteiger partial charge in [-0.05, 0) is 17.7 Å². The van der Waals surface area contributed by atoms with Gasteiger partial charge in [-0.2, -0.15) is 0 Å². The molecule has 0 atom stereocenters. The minimum absolute atomic E-state index is 0.0263. The number of rotatable bonds is 4. The molecule has 0 heterocycles. The quantitative estimate of drug-likeness (QED) is 0.748. The fourth-order valence-electron chi connectivity index (χ4n) is 1.45. The monoisotopic (exact) mass is 239 g/mol. The van der Waals surface area contributed by atoms with E-state index in [-0.39, 0.29) is 23.4 Å². The lowest BCUT2D eigenvalue weighted by Crippen LogP contribution is -2.11. The lowest BCUT2D eigenvalue weighted by atomic mass is 10.0. The summed E-state index contributed by atoms with van der Waals surface area (Å²) in [4.78, 5) is 22.5. The number of aromatic carboxylic acids is 1. The molecule has 1 aromatic rings. The molecule has 1 aromatic carbocycles. The third kappa shape index (κ3) is 2.54. The van der Waals surface area contributed by atoms with Crippen LogP contribution in [0.4, 0.5) is 0 Å². The Balaban J connectivity index is 3.50. The summed E-state index contributed by atoms with van der Waals surface area (Å²) in [6.07, 6.45) is 0. The van der Waals surface area contributed by atoms with Crippen LogP contribution >= 0.6 is 0 Å². The summed E-state index contributed by atoms with van der Waals surface area (Å²) >= 11 is 0. The molecule has 0 aliphatic carbocycles. The van der Waals surface area contributed by atoms with Gasteiger partial charge in [0, 0.05) is 6.54 Å². The van der Waals surface area contributed by atoms with Crippen molar-refractivity contribution in [3.63, 3.8) is 0 Å². The zero-order chi connectivity index (χ0) is 13.0. The zero-order valence-corrected chi connectivity index (χ0v) is 9.52. The van der Waals surface area contributed by atoms with E-state index in [1.807, 2.05) is 0 Å². The maximum Gasteiger partial charge on any atom is 0.341 e. The number of carboxylic acids is 1. The van der Waals surface area contributed by atoms with Crippen LogP contribution in [-0.4, -0.2) is 31.3 Å². The van der Waals surface area contributed by atoms with Crippen LogP contribution in [0.5, 0.6) is 5.75 Å². The molecule has 0 fully saturated rings. The van der Waals surface area contributed by atoms with E-state index in [9.17, 15) is 9.59 Å². The first kappa shape index (κ1) is 13.0. The smallest absolute Gasteiger partial charge is 0.341 e. The van der Waals surface area contributed by atoms with Gasteiger partial charge < -0.3 is 20.3 Å². The van der Waals surface area contributed by atoms with Crippen molar-refractivity contribution in [1.29, 1.82) is 0 Å². The molecule has 92 valence electrons. The zero-order valence-electron chi connectivity index (χ0n) is 9.52. The van der Waals surface area contributed by atoms with Gasteiger partial charge in [0.2, 0.25) is 0 Å². The molecule has 0 saturated heterocycles. The second-order valence-corrected chi connectivity index (χ2v) is 3.23. The van der Waals surface area contributed by atoms with E-state index in [1.165, 1.54) is 26.4 Å². The summed E-state index contributed by atoms with van der Waals surface area (Å²) in [5.41, 5.74) is 5.89. The standard InChI is InChI=1S/C11H13NO5/c1-16-9-7(10(13)14)3-6(5-12)4-8(9)11(15)17-2/h3-4H,5,12H2,1-2H3,(H,13,14). The third-order valence-electron chi connectivity index (χ3n) is 2.22. The Bertz CT molecular complexity index is 455. The van der Waals surface area contributed by atoms with Gasteiger partial charge in [0.05, 0.1) is 14.2 Å². The highest BCUT2D eigenvalue weighted by molar-refractivity contribution is 5.99. The molecule has 3 N–H and O–H groups in total. The van der Waals surface area contributed by atoms with Crippen molar-refractivity contribution in [3.05, 3.63) is 28.8 Å². The minimum Gasteiger partial charge on any atom is -0.495 e. The molecule has 0 aliphatic heterocycles. The van der Waals surface area contributed by atoms with Crippen LogP contribution < -0.4 is 10.5 Å². The molecule has 0 spiro atoms. The summed E-state index contributed by atoms with van der Waals surface area (Å²) < 4.78 is 9.50. The Morgan fingerprint density at radius 1 is 1.29 bits per heavy atom. The maximum atomic E-state index is 11.5. The number of hydrogen-bond donors (Lipinski definition) is 2. The average Bonchev–Trinajstić information content (AvgIpc) is 2.35. The molecule has 0 aromatic heterocycles. The number of benzene rings is 1. The number of carboxylic acid groups (broad SMARTS) is 1. The molecule has 1 rings (SSSR count). The maximum absolute atomic E-state index is 11.5. The summed E-state index contributed by atoms with van der Waals surface area (Å²) in [6, 6.07) is 2.82. The van der Waals surface area contributed by atoms with Crippen LogP contribution in [0.1, 0.15) is 26.3 Å². The first-order valence-electron chi connectivity index (χ1n) is 4.77. The number of carbonyl (C=O) groups is 2. The first-order chi connectivity index (χ1) is 8.04. The van der Waals surface area contributed by atoms with E-state index in [1.54, 1.807) is 0 Å². The second-order valence-electron chi connectivity index (χ2n) is 3.23. The lowest BCUT2D eigenvalue weighted by molar-refractivity contribution is 0.0597. The van der Waals surface area contributed by atoms with Gasteiger partial charge in [0.1, 0.15) is 16.9 Å². The predicted octanol–water partition coefficient (Wildman–Crippen LogP) is 0.639. The topological polar surface area (TPSA) is 98.9 Å². The molecule has 6 nitrogen and oxygen atoms in total. The van der Waals surface area contributed by atoms with Crippen molar-refractivity contribution in [2.45, 2.75) is 6.54 Å². The van der Waals surface area contributed by atoms with Gasteiger partial charge in [0.25, 0.3) is 0 Å². The molecular weight excluding hydrogens is 226 g/mol. The van der Waals surface area contributed by atoms with Gasteiger partial charge in [0.15, 0.2) is 0 Å². The van der Waals surface area contributed by atoms with Crippen LogP contribution in [0.25, 0.3) is 0 Å². The highest BCUT2D eigenvalue weighted by atomic mass is 16.5. The van der Waals surface area contributed by atoms with Crippen molar-refractivity contribution < 1.29 is 24.2 Å². The van der Waals surface area contributed by atoms with Crippen molar-refractivity contribution >= 4 is 11.9 Å². The van der Waals surface area contributed by atoms with Gasteiger partial charge in [-0.15, -0.1) is 0 Å². The van der Waals surface area contributed by atoms with Crippen LogP contribution in [0.15, 0.2) is 12.1 Å². The molecule has 6 heteroatoms. The molecule has 0 aliphatic rings. The van der Waals surface area contributed by atoms with Gasteiger partial charge in [-0.25, -0.2) is 9.59 Å². The summed E-state index contributed by atoms with van der Waals surface area (Å²) in [6.45, 7) is 0.119. The number of carbonyl (C=O) groups excluding carboxylic acids is 1. The van der Waals surface area contributed by atoms with E-state index in [0.717, 1.165) is 0 Å². The summed E-state index contributed by atoms with van der Waals surface area (Å²) in [5, 5.41) is 9.02. The Morgan fingerprint density at radius 3 is 2.29 bits per heavy atom. The van der Waals surface area contributed by atoms with E-state index < -0.39 is 11.9 Å².